The lowest BCUT2D eigenvalue weighted by molar-refractivity contribution is 0.586. The van der Waals surface area contributed by atoms with Crippen LogP contribution in [0.3, 0.4) is 0 Å². The molecule has 0 heterocycles. The smallest absolute Gasteiger partial charge is 0.0201 e. The summed E-state index contributed by atoms with van der Waals surface area (Å²) in [5, 5.41) is 0. The highest BCUT2D eigenvalue weighted by molar-refractivity contribution is 7.88. The van der Waals surface area contributed by atoms with E-state index in [0.717, 1.165) is 11.7 Å². The van der Waals surface area contributed by atoms with Gasteiger partial charge in [-0.25, -0.2) is 0 Å². The molecular weight excluding hydrogens is 116 g/mol. The van der Waals surface area contributed by atoms with Crippen LogP contribution in [-0.2, 0) is 0 Å². The van der Waals surface area contributed by atoms with Crippen molar-refractivity contribution in [3.8, 4) is 5.69 Å². The molecule has 1 unspecified atom stereocenters. The minimum atomic E-state index is 0.801. The molecular formula is C7H14S. The molecule has 0 aromatic carbocycles. The van der Waals surface area contributed by atoms with Crippen LogP contribution in [0.2, 0.25) is 0 Å². The molecule has 0 aromatic heterocycles. The topological polar surface area (TPSA) is 0 Å². The largest absolute Gasteiger partial charge is 0.138 e. The van der Waals surface area contributed by atoms with Gasteiger partial charge in [-0.1, -0.05) is 20.3 Å². The summed E-state index contributed by atoms with van der Waals surface area (Å²) in [7, 11) is 0. The molecule has 0 bridgehead atoms. The molecule has 0 aromatic rings. The lowest BCUT2D eigenvalue weighted by Gasteiger charge is -2.02. The SMILES string of the molecule is C#SCC(C)CCC. The number of hydrogen-bond donors (Lipinski definition) is 0. The first-order valence-corrected chi connectivity index (χ1v) is 4.17. The standard InChI is InChI=1S/C7H14S/c1-4-5-7(2)6-8-3/h3,7H,4-6H2,1-2H3. The van der Waals surface area contributed by atoms with E-state index in [1.807, 2.05) is 0 Å². The molecule has 0 aliphatic rings. The van der Waals surface area contributed by atoms with E-state index in [4.69, 9.17) is 5.69 Å². The molecule has 0 N–H and O–H groups in total. The molecule has 0 aliphatic heterocycles. The number of hydrogen-bond acceptors (Lipinski definition) is 0. The molecule has 0 rings (SSSR count). The molecule has 0 radical (unpaired) electrons. The fraction of sp³-hybridized carbons (Fsp3) is 0.857. The van der Waals surface area contributed by atoms with E-state index in [1.54, 1.807) is 0 Å². The van der Waals surface area contributed by atoms with Crippen LogP contribution in [0.15, 0.2) is 0 Å². The predicted molar refractivity (Wildman–Crippen MR) is 41.5 cm³/mol. The monoisotopic (exact) mass is 130 g/mol. The van der Waals surface area contributed by atoms with Crippen LogP contribution in [0.25, 0.3) is 0 Å². The van der Waals surface area contributed by atoms with Gasteiger partial charge in [0.1, 0.15) is 0 Å². The Labute approximate surface area is 55.9 Å². The molecule has 1 heteroatoms. The minimum Gasteiger partial charge on any atom is -0.138 e. The van der Waals surface area contributed by atoms with Crippen LogP contribution < -0.4 is 0 Å². The van der Waals surface area contributed by atoms with E-state index in [1.165, 1.54) is 24.0 Å². The summed E-state index contributed by atoms with van der Waals surface area (Å²) in [6, 6.07) is 0. The van der Waals surface area contributed by atoms with E-state index < -0.39 is 0 Å². The van der Waals surface area contributed by atoms with Crippen molar-refractivity contribution in [2.45, 2.75) is 26.7 Å². The Morgan fingerprint density at radius 3 is 2.62 bits per heavy atom. The van der Waals surface area contributed by atoms with E-state index in [-0.39, 0.29) is 0 Å². The van der Waals surface area contributed by atoms with Gasteiger partial charge in [-0.3, -0.25) is 0 Å². The van der Waals surface area contributed by atoms with Crippen LogP contribution in [0.4, 0.5) is 0 Å². The Balaban J connectivity index is 3.08. The second kappa shape index (κ2) is 5.14. The third-order valence-electron chi connectivity index (χ3n) is 1.16. The lowest BCUT2D eigenvalue weighted by Crippen LogP contribution is -1.93. The fourth-order valence-electron chi connectivity index (χ4n) is 0.740. The van der Waals surface area contributed by atoms with Crippen LogP contribution >= 0.6 is 11.2 Å². The van der Waals surface area contributed by atoms with Gasteiger partial charge in [0.2, 0.25) is 0 Å². The average Bonchev–Trinajstić information content (AvgIpc) is 1.68. The molecule has 0 fully saturated rings. The highest BCUT2D eigenvalue weighted by Crippen LogP contribution is 2.06. The Kier molecular flexibility index (Phi) is 5.14. The first kappa shape index (κ1) is 8.00. The zero-order valence-electron chi connectivity index (χ0n) is 5.68. The van der Waals surface area contributed by atoms with Gasteiger partial charge in [0, 0.05) is 5.75 Å². The fourth-order valence-corrected chi connectivity index (χ4v) is 1.24. The summed E-state index contributed by atoms with van der Waals surface area (Å²) in [4.78, 5) is 0. The molecule has 0 saturated carbocycles. The van der Waals surface area contributed by atoms with Crippen molar-refractivity contribution in [2.24, 2.45) is 5.92 Å². The summed E-state index contributed by atoms with van der Waals surface area (Å²) in [5.41, 5.74) is 5.28. The highest BCUT2D eigenvalue weighted by atomic mass is 32.1. The normalized spacial score (nSPS) is 13.1. The van der Waals surface area contributed by atoms with Crippen LogP contribution in [-0.4, -0.2) is 5.75 Å². The maximum absolute atomic E-state index is 5.28. The average molecular weight is 130 g/mol. The van der Waals surface area contributed by atoms with Crippen molar-refractivity contribution in [1.82, 2.24) is 0 Å². The maximum Gasteiger partial charge on any atom is 0.0201 e. The Bertz CT molecular complexity index is 80.9. The Morgan fingerprint density at radius 1 is 1.62 bits per heavy atom. The molecule has 1 atom stereocenters. The molecule has 0 amide bonds. The van der Waals surface area contributed by atoms with E-state index in [9.17, 15) is 0 Å². The molecule has 48 valence electrons. The Morgan fingerprint density at radius 2 is 2.25 bits per heavy atom. The summed E-state index contributed by atoms with van der Waals surface area (Å²) in [6.07, 6.45) is 2.59. The highest BCUT2D eigenvalue weighted by Gasteiger charge is 1.94. The van der Waals surface area contributed by atoms with Crippen molar-refractivity contribution in [1.29, 1.82) is 0 Å². The van der Waals surface area contributed by atoms with Gasteiger partial charge in [0.15, 0.2) is 0 Å². The van der Waals surface area contributed by atoms with Gasteiger partial charge in [0.05, 0.1) is 0 Å². The third kappa shape index (κ3) is 4.17. The van der Waals surface area contributed by atoms with E-state index >= 15 is 0 Å². The minimum absolute atomic E-state index is 0.801. The molecule has 0 aliphatic carbocycles. The molecule has 0 spiro atoms. The summed E-state index contributed by atoms with van der Waals surface area (Å²) < 4.78 is 0. The second-order valence-corrected chi connectivity index (χ2v) is 2.89. The zero-order chi connectivity index (χ0) is 6.41. The van der Waals surface area contributed by atoms with Crippen molar-refractivity contribution in [3.05, 3.63) is 0 Å². The van der Waals surface area contributed by atoms with Gasteiger partial charge in [-0.05, 0) is 12.3 Å². The lowest BCUT2D eigenvalue weighted by atomic mass is 10.1. The summed E-state index contributed by atoms with van der Waals surface area (Å²) in [5.74, 6) is 1.91. The predicted octanol–water partition coefficient (Wildman–Crippen LogP) is 2.74. The van der Waals surface area contributed by atoms with Crippen LogP contribution in [0.1, 0.15) is 26.7 Å². The van der Waals surface area contributed by atoms with Gasteiger partial charge in [-0.2, -0.15) is 0 Å². The quantitative estimate of drug-likeness (QED) is 0.551. The first-order valence-electron chi connectivity index (χ1n) is 3.13. The summed E-state index contributed by atoms with van der Waals surface area (Å²) in [6.45, 7) is 4.45. The molecule has 8 heavy (non-hydrogen) atoms. The van der Waals surface area contributed by atoms with Crippen molar-refractivity contribution in [3.63, 3.8) is 0 Å². The van der Waals surface area contributed by atoms with Crippen molar-refractivity contribution in [2.75, 3.05) is 5.75 Å². The third-order valence-corrected chi connectivity index (χ3v) is 1.92. The zero-order valence-corrected chi connectivity index (χ0v) is 6.50. The van der Waals surface area contributed by atoms with Gasteiger partial charge >= 0.3 is 0 Å². The van der Waals surface area contributed by atoms with E-state index in [2.05, 4.69) is 13.8 Å². The molecule has 0 saturated heterocycles. The maximum atomic E-state index is 5.28. The van der Waals surface area contributed by atoms with Gasteiger partial charge in [-0.15, -0.1) is 16.9 Å². The summed E-state index contributed by atoms with van der Waals surface area (Å²) >= 11 is 1.45. The van der Waals surface area contributed by atoms with Crippen LogP contribution in [0, 0.1) is 11.6 Å². The van der Waals surface area contributed by atoms with E-state index in [0.29, 0.717) is 0 Å². The van der Waals surface area contributed by atoms with Gasteiger partial charge in [0.25, 0.3) is 0 Å². The van der Waals surface area contributed by atoms with Gasteiger partial charge < -0.3 is 0 Å². The second-order valence-electron chi connectivity index (χ2n) is 2.23. The first-order chi connectivity index (χ1) is 3.81. The Hall–Kier alpha value is 0. The molecule has 0 nitrogen and oxygen atoms in total. The van der Waals surface area contributed by atoms with Crippen LogP contribution in [0.5, 0.6) is 0 Å². The number of rotatable bonds is 3. The van der Waals surface area contributed by atoms with Crippen molar-refractivity contribution < 1.29 is 0 Å². The van der Waals surface area contributed by atoms with Crippen molar-refractivity contribution >= 4 is 11.2 Å².